The van der Waals surface area contributed by atoms with E-state index in [-0.39, 0.29) is 5.82 Å². The average molecular weight is 281 g/mol. The fraction of sp³-hybridized carbons (Fsp3) is 0.235. The lowest BCUT2D eigenvalue weighted by molar-refractivity contribution is 0.622. The van der Waals surface area contributed by atoms with Gasteiger partial charge in [0.05, 0.1) is 11.6 Å². The number of anilines is 2. The highest BCUT2D eigenvalue weighted by Gasteiger charge is 2.17. The summed E-state index contributed by atoms with van der Waals surface area (Å²) in [6.45, 7) is 1.53. The van der Waals surface area contributed by atoms with Crippen molar-refractivity contribution in [3.8, 4) is 6.07 Å². The topological polar surface area (TPSA) is 53.0 Å². The second-order valence-corrected chi connectivity index (χ2v) is 5.37. The standard InChI is InChI=1S/C17H16FN3/c18-15-7-12(10-19)6-13(8-15)11-21-5-1-2-14-9-16(20)3-4-17(14)21/h3-4,6-9H,1-2,5,11,20H2. The molecule has 3 nitrogen and oxygen atoms in total. The Morgan fingerprint density at radius 2 is 2.10 bits per heavy atom. The van der Waals surface area contributed by atoms with Crippen molar-refractivity contribution in [3.05, 3.63) is 58.9 Å². The van der Waals surface area contributed by atoms with E-state index in [1.807, 2.05) is 24.3 Å². The monoisotopic (exact) mass is 281 g/mol. The van der Waals surface area contributed by atoms with Crippen molar-refractivity contribution in [1.29, 1.82) is 5.26 Å². The highest BCUT2D eigenvalue weighted by atomic mass is 19.1. The summed E-state index contributed by atoms with van der Waals surface area (Å²) in [7, 11) is 0. The van der Waals surface area contributed by atoms with Gasteiger partial charge < -0.3 is 10.6 Å². The molecule has 3 rings (SSSR count). The molecule has 2 aromatic carbocycles. The normalized spacial score (nSPS) is 13.6. The molecular formula is C17H16FN3. The maximum absolute atomic E-state index is 13.5. The smallest absolute Gasteiger partial charge is 0.124 e. The number of nitrogens with two attached hydrogens (primary N) is 1. The molecule has 0 atom stereocenters. The highest BCUT2D eigenvalue weighted by molar-refractivity contribution is 5.61. The van der Waals surface area contributed by atoms with Crippen LogP contribution in [0.4, 0.5) is 15.8 Å². The molecule has 21 heavy (non-hydrogen) atoms. The Hall–Kier alpha value is -2.54. The predicted octanol–water partition coefficient (Wildman–Crippen LogP) is 3.23. The van der Waals surface area contributed by atoms with Gasteiger partial charge in [-0.25, -0.2) is 4.39 Å². The Balaban J connectivity index is 1.90. The van der Waals surface area contributed by atoms with Crippen LogP contribution in [0, 0.1) is 17.1 Å². The van der Waals surface area contributed by atoms with Gasteiger partial charge in [-0.1, -0.05) is 0 Å². The lowest BCUT2D eigenvalue weighted by Crippen LogP contribution is -2.28. The molecule has 1 aliphatic heterocycles. The van der Waals surface area contributed by atoms with Gasteiger partial charge in [0.1, 0.15) is 5.82 Å². The second kappa shape index (κ2) is 5.45. The molecule has 0 radical (unpaired) electrons. The third-order valence-electron chi connectivity index (χ3n) is 3.78. The van der Waals surface area contributed by atoms with Crippen molar-refractivity contribution in [3.63, 3.8) is 0 Å². The van der Waals surface area contributed by atoms with Crippen LogP contribution in [-0.4, -0.2) is 6.54 Å². The minimum absolute atomic E-state index is 0.361. The number of hydrogen-bond acceptors (Lipinski definition) is 3. The molecule has 0 aliphatic carbocycles. The molecule has 4 heteroatoms. The van der Waals surface area contributed by atoms with E-state index >= 15 is 0 Å². The van der Waals surface area contributed by atoms with Gasteiger partial charge in [-0.05, 0) is 60.4 Å². The molecule has 0 fully saturated rings. The van der Waals surface area contributed by atoms with Crippen molar-refractivity contribution in [1.82, 2.24) is 0 Å². The third kappa shape index (κ3) is 2.82. The van der Waals surface area contributed by atoms with Crippen molar-refractivity contribution in [2.45, 2.75) is 19.4 Å². The largest absolute Gasteiger partial charge is 0.399 e. The van der Waals surface area contributed by atoms with E-state index in [4.69, 9.17) is 11.0 Å². The first kappa shape index (κ1) is 13.4. The molecule has 106 valence electrons. The molecule has 0 saturated carbocycles. The molecule has 0 bridgehead atoms. The van der Waals surface area contributed by atoms with Gasteiger partial charge in [-0.15, -0.1) is 0 Å². The molecule has 0 saturated heterocycles. The number of nitriles is 1. The summed E-state index contributed by atoms with van der Waals surface area (Å²) < 4.78 is 13.5. The molecule has 2 N–H and O–H groups in total. The number of benzene rings is 2. The van der Waals surface area contributed by atoms with Crippen molar-refractivity contribution in [2.24, 2.45) is 0 Å². The van der Waals surface area contributed by atoms with Gasteiger partial charge in [-0.2, -0.15) is 5.26 Å². The highest BCUT2D eigenvalue weighted by Crippen LogP contribution is 2.30. The lowest BCUT2D eigenvalue weighted by atomic mass is 10.00. The zero-order valence-corrected chi connectivity index (χ0v) is 11.6. The Labute approximate surface area is 123 Å². The van der Waals surface area contributed by atoms with Crippen LogP contribution in [0.1, 0.15) is 23.1 Å². The first-order chi connectivity index (χ1) is 10.2. The van der Waals surface area contributed by atoms with Crippen LogP contribution >= 0.6 is 0 Å². The van der Waals surface area contributed by atoms with Crippen LogP contribution in [-0.2, 0) is 13.0 Å². The molecule has 0 unspecified atom stereocenters. The Morgan fingerprint density at radius 1 is 1.24 bits per heavy atom. The Bertz CT molecular complexity index is 718. The van der Waals surface area contributed by atoms with Crippen LogP contribution in [0.25, 0.3) is 0 Å². The van der Waals surface area contributed by atoms with Crippen molar-refractivity contribution in [2.75, 3.05) is 17.2 Å². The molecule has 0 spiro atoms. The van der Waals surface area contributed by atoms with Crippen LogP contribution < -0.4 is 10.6 Å². The zero-order valence-electron chi connectivity index (χ0n) is 11.6. The fourth-order valence-electron chi connectivity index (χ4n) is 2.89. The first-order valence-corrected chi connectivity index (χ1v) is 6.98. The third-order valence-corrected chi connectivity index (χ3v) is 3.78. The fourth-order valence-corrected chi connectivity index (χ4v) is 2.89. The molecule has 2 aromatic rings. The summed E-state index contributed by atoms with van der Waals surface area (Å²) in [4.78, 5) is 2.22. The number of hydrogen-bond donors (Lipinski definition) is 1. The Kier molecular flexibility index (Phi) is 3.49. The van der Waals surface area contributed by atoms with Crippen LogP contribution in [0.3, 0.4) is 0 Å². The molecule has 0 aromatic heterocycles. The minimum Gasteiger partial charge on any atom is -0.399 e. The molecule has 1 aliphatic rings. The van der Waals surface area contributed by atoms with Gasteiger partial charge in [0, 0.05) is 24.5 Å². The average Bonchev–Trinajstić information content (AvgIpc) is 2.46. The Morgan fingerprint density at radius 3 is 2.90 bits per heavy atom. The van der Waals surface area contributed by atoms with E-state index in [1.165, 1.54) is 17.7 Å². The van der Waals surface area contributed by atoms with Gasteiger partial charge >= 0.3 is 0 Å². The summed E-state index contributed by atoms with van der Waals surface area (Å²) in [6.07, 6.45) is 2.07. The summed E-state index contributed by atoms with van der Waals surface area (Å²) in [5, 5.41) is 8.94. The zero-order chi connectivity index (χ0) is 14.8. The molecule has 1 heterocycles. The summed E-state index contributed by atoms with van der Waals surface area (Å²) in [5.41, 5.74) is 10.2. The molecule has 0 amide bonds. The van der Waals surface area contributed by atoms with Gasteiger partial charge in [0.15, 0.2) is 0 Å². The SMILES string of the molecule is N#Cc1cc(F)cc(CN2CCCc3cc(N)ccc32)c1. The minimum atomic E-state index is -0.362. The van der Waals surface area contributed by atoms with E-state index in [0.29, 0.717) is 12.1 Å². The summed E-state index contributed by atoms with van der Waals surface area (Å²) in [5.74, 6) is -0.362. The van der Waals surface area contributed by atoms with Crippen LogP contribution in [0.15, 0.2) is 36.4 Å². The van der Waals surface area contributed by atoms with E-state index in [0.717, 1.165) is 36.3 Å². The quantitative estimate of drug-likeness (QED) is 0.860. The number of nitrogens with zero attached hydrogens (tertiary/aromatic N) is 2. The van der Waals surface area contributed by atoms with E-state index in [1.54, 1.807) is 6.07 Å². The van der Waals surface area contributed by atoms with Gasteiger partial charge in [0.25, 0.3) is 0 Å². The number of aryl methyl sites for hydroxylation is 1. The van der Waals surface area contributed by atoms with Gasteiger partial charge in [-0.3, -0.25) is 0 Å². The van der Waals surface area contributed by atoms with E-state index < -0.39 is 0 Å². The van der Waals surface area contributed by atoms with Crippen molar-refractivity contribution < 1.29 is 4.39 Å². The number of halogens is 1. The van der Waals surface area contributed by atoms with Gasteiger partial charge in [0.2, 0.25) is 0 Å². The number of nitrogen functional groups attached to an aromatic ring is 1. The molecular weight excluding hydrogens is 265 g/mol. The van der Waals surface area contributed by atoms with Crippen molar-refractivity contribution >= 4 is 11.4 Å². The van der Waals surface area contributed by atoms with Crippen LogP contribution in [0.5, 0.6) is 0 Å². The lowest BCUT2D eigenvalue weighted by Gasteiger charge is -2.31. The summed E-state index contributed by atoms with van der Waals surface area (Å²) >= 11 is 0. The predicted molar refractivity (Wildman–Crippen MR) is 81.3 cm³/mol. The van der Waals surface area contributed by atoms with E-state index in [9.17, 15) is 4.39 Å². The number of fused-ring (bicyclic) bond motifs is 1. The maximum atomic E-state index is 13.5. The first-order valence-electron chi connectivity index (χ1n) is 6.98. The van der Waals surface area contributed by atoms with Crippen LogP contribution in [0.2, 0.25) is 0 Å². The second-order valence-electron chi connectivity index (χ2n) is 5.37. The number of rotatable bonds is 2. The summed E-state index contributed by atoms with van der Waals surface area (Å²) in [6, 6.07) is 12.4. The van der Waals surface area contributed by atoms with E-state index in [2.05, 4.69) is 4.90 Å². The maximum Gasteiger partial charge on any atom is 0.124 e.